The Morgan fingerprint density at radius 1 is 1.47 bits per heavy atom. The second kappa shape index (κ2) is 7.27. The van der Waals surface area contributed by atoms with E-state index in [1.807, 2.05) is 5.38 Å². The number of ether oxygens (including phenoxy) is 1. The van der Waals surface area contributed by atoms with Crippen molar-refractivity contribution in [3.05, 3.63) is 11.1 Å². The van der Waals surface area contributed by atoms with Crippen LogP contribution in [0.25, 0.3) is 0 Å². The van der Waals surface area contributed by atoms with Crippen LogP contribution in [0.1, 0.15) is 39.3 Å². The molecule has 0 radical (unpaired) electrons. The average Bonchev–Trinajstić information content (AvgIpc) is 2.73. The fourth-order valence-electron chi connectivity index (χ4n) is 1.48. The zero-order valence-corrected chi connectivity index (χ0v) is 11.5. The Morgan fingerprint density at radius 3 is 2.76 bits per heavy atom. The van der Waals surface area contributed by atoms with E-state index in [4.69, 9.17) is 4.74 Å². The van der Waals surface area contributed by atoms with Crippen molar-refractivity contribution in [2.75, 3.05) is 11.9 Å². The second-order valence-corrected chi connectivity index (χ2v) is 4.64. The summed E-state index contributed by atoms with van der Waals surface area (Å²) in [6, 6.07) is 0.455. The molecule has 0 unspecified atom stereocenters. The Morgan fingerprint density at radius 2 is 2.18 bits per heavy atom. The number of rotatable bonds is 7. The Kier molecular flexibility index (Phi) is 5.97. The van der Waals surface area contributed by atoms with Crippen molar-refractivity contribution < 1.29 is 9.53 Å². The van der Waals surface area contributed by atoms with Gasteiger partial charge in [-0.05, 0) is 19.8 Å². The van der Waals surface area contributed by atoms with Crippen molar-refractivity contribution in [2.24, 2.45) is 0 Å². The first-order chi connectivity index (χ1) is 8.19. The molecule has 0 saturated heterocycles. The molecule has 96 valence electrons. The summed E-state index contributed by atoms with van der Waals surface area (Å²) < 4.78 is 4.88. The molecule has 4 nitrogen and oxygen atoms in total. The van der Waals surface area contributed by atoms with Gasteiger partial charge >= 0.3 is 5.97 Å². The molecule has 1 rings (SSSR count). The van der Waals surface area contributed by atoms with Gasteiger partial charge in [0.1, 0.15) is 0 Å². The first-order valence-electron chi connectivity index (χ1n) is 6.06. The third-order valence-electron chi connectivity index (χ3n) is 2.50. The maximum atomic E-state index is 11.3. The molecule has 1 aromatic rings. The SMILES string of the molecule is CCOC(=O)Cc1csc(NC(CC)CC)n1. The van der Waals surface area contributed by atoms with Crippen LogP contribution in [-0.2, 0) is 16.0 Å². The predicted molar refractivity (Wildman–Crippen MR) is 70.4 cm³/mol. The second-order valence-electron chi connectivity index (χ2n) is 3.78. The van der Waals surface area contributed by atoms with Crippen LogP contribution in [-0.4, -0.2) is 23.6 Å². The van der Waals surface area contributed by atoms with Gasteiger partial charge in [0.25, 0.3) is 0 Å². The molecule has 0 spiro atoms. The third kappa shape index (κ3) is 4.73. The number of carbonyl (C=O) groups excluding carboxylic acids is 1. The van der Waals surface area contributed by atoms with E-state index < -0.39 is 0 Å². The van der Waals surface area contributed by atoms with Crippen molar-refractivity contribution in [2.45, 2.75) is 46.1 Å². The van der Waals surface area contributed by atoms with Crippen molar-refractivity contribution in [1.82, 2.24) is 4.98 Å². The number of nitrogens with zero attached hydrogens (tertiary/aromatic N) is 1. The van der Waals surface area contributed by atoms with E-state index >= 15 is 0 Å². The van der Waals surface area contributed by atoms with Crippen LogP contribution in [0.15, 0.2) is 5.38 Å². The standard InChI is InChI=1S/C12H20N2O2S/c1-4-9(5-2)13-12-14-10(8-17-12)7-11(15)16-6-3/h8-9H,4-7H2,1-3H3,(H,13,14). The van der Waals surface area contributed by atoms with Crippen LogP contribution < -0.4 is 5.32 Å². The molecular weight excluding hydrogens is 236 g/mol. The highest BCUT2D eigenvalue weighted by atomic mass is 32.1. The van der Waals surface area contributed by atoms with Crippen LogP contribution in [0.2, 0.25) is 0 Å². The fraction of sp³-hybridized carbons (Fsp3) is 0.667. The van der Waals surface area contributed by atoms with E-state index in [0.29, 0.717) is 12.6 Å². The minimum atomic E-state index is -0.216. The number of carbonyl (C=O) groups is 1. The van der Waals surface area contributed by atoms with E-state index in [1.54, 1.807) is 6.92 Å². The Balaban J connectivity index is 2.50. The number of thiazole rings is 1. The lowest BCUT2D eigenvalue weighted by Gasteiger charge is -2.12. The van der Waals surface area contributed by atoms with Crippen LogP contribution in [0, 0.1) is 0 Å². The Bertz CT molecular complexity index is 348. The van der Waals surface area contributed by atoms with Crippen molar-refractivity contribution >= 4 is 22.4 Å². The highest BCUT2D eigenvalue weighted by Crippen LogP contribution is 2.18. The molecule has 1 aromatic heterocycles. The van der Waals surface area contributed by atoms with Crippen LogP contribution >= 0.6 is 11.3 Å². The van der Waals surface area contributed by atoms with Crippen molar-refractivity contribution in [3.63, 3.8) is 0 Å². The number of aromatic nitrogens is 1. The lowest BCUT2D eigenvalue weighted by atomic mass is 10.2. The minimum Gasteiger partial charge on any atom is -0.466 e. The van der Waals surface area contributed by atoms with Gasteiger partial charge in [0, 0.05) is 11.4 Å². The Hall–Kier alpha value is -1.10. The van der Waals surface area contributed by atoms with Crippen LogP contribution in [0.4, 0.5) is 5.13 Å². The monoisotopic (exact) mass is 256 g/mol. The predicted octanol–water partition coefficient (Wildman–Crippen LogP) is 2.85. The average molecular weight is 256 g/mol. The maximum absolute atomic E-state index is 11.3. The number of hydrogen-bond donors (Lipinski definition) is 1. The summed E-state index contributed by atoms with van der Waals surface area (Å²) in [7, 11) is 0. The zero-order valence-electron chi connectivity index (χ0n) is 10.7. The van der Waals surface area contributed by atoms with Gasteiger partial charge in [-0.25, -0.2) is 4.98 Å². The maximum Gasteiger partial charge on any atom is 0.311 e. The molecule has 17 heavy (non-hydrogen) atoms. The van der Waals surface area contributed by atoms with Gasteiger partial charge in [0.05, 0.1) is 18.7 Å². The van der Waals surface area contributed by atoms with E-state index in [-0.39, 0.29) is 12.4 Å². The molecule has 0 fully saturated rings. The van der Waals surface area contributed by atoms with Gasteiger partial charge < -0.3 is 10.1 Å². The van der Waals surface area contributed by atoms with Crippen LogP contribution in [0.5, 0.6) is 0 Å². The van der Waals surface area contributed by atoms with Gasteiger partial charge in [-0.1, -0.05) is 13.8 Å². The topological polar surface area (TPSA) is 51.2 Å². The molecule has 0 atom stereocenters. The summed E-state index contributed by atoms with van der Waals surface area (Å²) >= 11 is 1.54. The quantitative estimate of drug-likeness (QED) is 0.762. The molecule has 1 N–H and O–H groups in total. The minimum absolute atomic E-state index is 0.216. The number of anilines is 1. The fourth-order valence-corrected chi connectivity index (χ4v) is 2.27. The highest BCUT2D eigenvalue weighted by Gasteiger charge is 2.10. The molecule has 0 bridgehead atoms. The van der Waals surface area contributed by atoms with Crippen molar-refractivity contribution in [3.8, 4) is 0 Å². The number of esters is 1. The summed E-state index contributed by atoms with van der Waals surface area (Å²) in [5.74, 6) is -0.216. The van der Waals surface area contributed by atoms with E-state index in [1.165, 1.54) is 11.3 Å². The van der Waals surface area contributed by atoms with Gasteiger partial charge in [0.15, 0.2) is 5.13 Å². The molecular formula is C12H20N2O2S. The molecule has 0 aliphatic heterocycles. The molecule has 5 heteroatoms. The first kappa shape index (κ1) is 14.0. The van der Waals surface area contributed by atoms with Gasteiger partial charge in [-0.15, -0.1) is 11.3 Å². The normalized spacial score (nSPS) is 10.6. The lowest BCUT2D eigenvalue weighted by Crippen LogP contribution is -2.16. The molecule has 0 aliphatic carbocycles. The summed E-state index contributed by atoms with van der Waals surface area (Å²) in [5, 5.41) is 6.15. The summed E-state index contributed by atoms with van der Waals surface area (Å²) in [5.41, 5.74) is 0.780. The summed E-state index contributed by atoms with van der Waals surface area (Å²) in [4.78, 5) is 15.7. The van der Waals surface area contributed by atoms with E-state index in [0.717, 1.165) is 23.7 Å². The molecule has 1 heterocycles. The third-order valence-corrected chi connectivity index (χ3v) is 3.32. The summed E-state index contributed by atoms with van der Waals surface area (Å²) in [6.45, 7) is 6.52. The smallest absolute Gasteiger partial charge is 0.311 e. The number of hydrogen-bond acceptors (Lipinski definition) is 5. The van der Waals surface area contributed by atoms with Gasteiger partial charge in [0.2, 0.25) is 0 Å². The largest absolute Gasteiger partial charge is 0.466 e. The van der Waals surface area contributed by atoms with Crippen molar-refractivity contribution in [1.29, 1.82) is 0 Å². The molecule has 0 aromatic carbocycles. The zero-order chi connectivity index (χ0) is 12.7. The lowest BCUT2D eigenvalue weighted by molar-refractivity contribution is -0.142. The van der Waals surface area contributed by atoms with Gasteiger partial charge in [-0.2, -0.15) is 0 Å². The Labute approximate surface area is 106 Å². The molecule has 0 aliphatic rings. The van der Waals surface area contributed by atoms with Gasteiger partial charge in [-0.3, -0.25) is 4.79 Å². The summed E-state index contributed by atoms with van der Waals surface area (Å²) in [6.07, 6.45) is 2.40. The molecule has 0 saturated carbocycles. The van der Waals surface area contributed by atoms with Crippen LogP contribution in [0.3, 0.4) is 0 Å². The van der Waals surface area contributed by atoms with E-state index in [9.17, 15) is 4.79 Å². The highest BCUT2D eigenvalue weighted by molar-refractivity contribution is 7.13. The first-order valence-corrected chi connectivity index (χ1v) is 6.94. The van der Waals surface area contributed by atoms with E-state index in [2.05, 4.69) is 24.1 Å². The molecule has 0 amide bonds. The number of nitrogens with one attached hydrogen (secondary N) is 1.